The summed E-state index contributed by atoms with van der Waals surface area (Å²) in [5, 5.41) is 7.57. The van der Waals surface area contributed by atoms with Crippen LogP contribution in [0.25, 0.3) is 0 Å². The summed E-state index contributed by atoms with van der Waals surface area (Å²) < 4.78 is 7.22. The molecule has 0 amide bonds. The molecule has 1 rings (SSSR count). The third kappa shape index (κ3) is 2.98. The Balaban J connectivity index is 2.98. The van der Waals surface area contributed by atoms with Gasteiger partial charge in [0.25, 0.3) is 0 Å². The normalized spacial score (nSPS) is 13.9. The Kier molecular flexibility index (Phi) is 3.97. The molecule has 1 heterocycles. The van der Waals surface area contributed by atoms with E-state index in [0.29, 0.717) is 0 Å². The summed E-state index contributed by atoms with van der Waals surface area (Å²) in [5.41, 5.74) is 1.38. The van der Waals surface area contributed by atoms with Gasteiger partial charge in [-0.1, -0.05) is 20.8 Å². The Labute approximate surface area is 98.0 Å². The fraction of sp³-hybridized carbons (Fsp3) is 0.750. The van der Waals surface area contributed by atoms with Gasteiger partial charge in [-0.3, -0.25) is 4.68 Å². The van der Waals surface area contributed by atoms with Crippen molar-refractivity contribution in [1.29, 1.82) is 0 Å². The van der Waals surface area contributed by atoms with Gasteiger partial charge >= 0.3 is 0 Å². The van der Waals surface area contributed by atoms with Crippen LogP contribution in [-0.4, -0.2) is 23.9 Å². The molecule has 16 heavy (non-hydrogen) atoms. The number of hydrogen-bond acceptors (Lipinski definition) is 3. The zero-order valence-corrected chi connectivity index (χ0v) is 11.2. The number of aromatic nitrogens is 2. The van der Waals surface area contributed by atoms with Gasteiger partial charge in [0.15, 0.2) is 5.75 Å². The van der Waals surface area contributed by atoms with Crippen LogP contribution in [0.5, 0.6) is 5.75 Å². The number of hydrogen-bond donors (Lipinski definition) is 1. The van der Waals surface area contributed by atoms with E-state index in [4.69, 9.17) is 4.74 Å². The summed E-state index contributed by atoms with van der Waals surface area (Å²) >= 11 is 0. The van der Waals surface area contributed by atoms with E-state index < -0.39 is 0 Å². The van der Waals surface area contributed by atoms with Crippen molar-refractivity contribution in [2.75, 3.05) is 14.2 Å². The first-order valence-corrected chi connectivity index (χ1v) is 5.62. The van der Waals surface area contributed by atoms with Gasteiger partial charge in [0.1, 0.15) is 0 Å². The lowest BCUT2D eigenvalue weighted by Gasteiger charge is -2.26. The van der Waals surface area contributed by atoms with E-state index in [1.165, 1.54) is 0 Å². The second kappa shape index (κ2) is 4.87. The number of methoxy groups -OCH3 is 1. The Morgan fingerprint density at radius 1 is 1.50 bits per heavy atom. The number of nitrogens with one attached hydrogen (secondary N) is 1. The van der Waals surface area contributed by atoms with Crippen LogP contribution < -0.4 is 10.1 Å². The Bertz CT molecular complexity index is 339. The number of aryl methyl sites for hydroxylation is 1. The summed E-state index contributed by atoms with van der Waals surface area (Å²) in [4.78, 5) is 0. The molecule has 0 radical (unpaired) electrons. The average Bonchev–Trinajstić information content (AvgIpc) is 2.54. The predicted molar refractivity (Wildman–Crippen MR) is 65.6 cm³/mol. The highest BCUT2D eigenvalue weighted by atomic mass is 16.5. The molecule has 0 aliphatic rings. The molecule has 0 saturated carbocycles. The summed E-state index contributed by atoms with van der Waals surface area (Å²) in [5.74, 6) is 0.853. The van der Waals surface area contributed by atoms with Crippen molar-refractivity contribution in [3.8, 4) is 5.75 Å². The predicted octanol–water partition coefficient (Wildman–Crippen LogP) is 2.13. The number of ether oxygens (including phenoxy) is 1. The zero-order valence-electron chi connectivity index (χ0n) is 11.2. The molecule has 1 aromatic rings. The van der Waals surface area contributed by atoms with Gasteiger partial charge in [-0.15, -0.1) is 0 Å². The first-order valence-electron chi connectivity index (χ1n) is 5.62. The van der Waals surface area contributed by atoms with Gasteiger partial charge in [-0.2, -0.15) is 5.10 Å². The molecule has 0 saturated heterocycles. The van der Waals surface area contributed by atoms with Crippen molar-refractivity contribution in [2.24, 2.45) is 12.5 Å². The lowest BCUT2D eigenvalue weighted by molar-refractivity contribution is 0.305. The largest absolute Gasteiger partial charge is 0.493 e. The molecule has 1 atom stereocenters. The van der Waals surface area contributed by atoms with E-state index in [0.717, 1.165) is 17.9 Å². The van der Waals surface area contributed by atoms with Gasteiger partial charge in [0.2, 0.25) is 0 Å². The van der Waals surface area contributed by atoms with Crippen LogP contribution >= 0.6 is 0 Å². The van der Waals surface area contributed by atoms with Crippen LogP contribution in [0.1, 0.15) is 38.9 Å². The highest BCUT2D eigenvalue weighted by Gasteiger charge is 2.24. The molecule has 92 valence electrons. The molecule has 0 bridgehead atoms. The van der Waals surface area contributed by atoms with Crippen molar-refractivity contribution in [3.05, 3.63) is 11.9 Å². The molecule has 4 nitrogen and oxygen atoms in total. The number of rotatable bonds is 4. The van der Waals surface area contributed by atoms with Gasteiger partial charge in [0, 0.05) is 7.05 Å². The third-order valence-corrected chi connectivity index (χ3v) is 2.66. The fourth-order valence-corrected chi connectivity index (χ4v) is 1.93. The minimum atomic E-state index is 0.266. The van der Waals surface area contributed by atoms with Gasteiger partial charge in [-0.25, -0.2) is 0 Å². The standard InChI is InChI=1S/C12H23N3O/c1-12(2,3)7-9(13-4)11-10(16-6)8-14-15(11)5/h8-9,13H,7H2,1-6H3. The maximum Gasteiger partial charge on any atom is 0.161 e. The van der Waals surface area contributed by atoms with Crippen molar-refractivity contribution in [3.63, 3.8) is 0 Å². The highest BCUT2D eigenvalue weighted by Crippen LogP contribution is 2.33. The van der Waals surface area contributed by atoms with Crippen molar-refractivity contribution >= 4 is 0 Å². The van der Waals surface area contributed by atoms with Crippen LogP contribution in [0.15, 0.2) is 6.20 Å². The Morgan fingerprint density at radius 3 is 2.56 bits per heavy atom. The van der Waals surface area contributed by atoms with Crippen molar-refractivity contribution in [2.45, 2.75) is 33.2 Å². The maximum atomic E-state index is 5.34. The van der Waals surface area contributed by atoms with Crippen LogP contribution in [0.2, 0.25) is 0 Å². The molecule has 0 aliphatic heterocycles. The first-order chi connectivity index (χ1) is 7.39. The van der Waals surface area contributed by atoms with E-state index in [1.807, 2.05) is 18.8 Å². The zero-order chi connectivity index (χ0) is 12.3. The smallest absolute Gasteiger partial charge is 0.161 e. The molecule has 0 spiro atoms. The van der Waals surface area contributed by atoms with Gasteiger partial charge in [-0.05, 0) is 18.9 Å². The number of nitrogens with zero attached hydrogens (tertiary/aromatic N) is 2. The average molecular weight is 225 g/mol. The van der Waals surface area contributed by atoms with E-state index >= 15 is 0 Å². The van der Waals surface area contributed by atoms with E-state index in [-0.39, 0.29) is 11.5 Å². The molecule has 0 fully saturated rings. The Hall–Kier alpha value is -1.03. The lowest BCUT2D eigenvalue weighted by Crippen LogP contribution is -2.25. The van der Waals surface area contributed by atoms with Crippen molar-refractivity contribution in [1.82, 2.24) is 15.1 Å². The first kappa shape index (κ1) is 13.0. The van der Waals surface area contributed by atoms with Gasteiger partial charge < -0.3 is 10.1 Å². The Morgan fingerprint density at radius 2 is 2.12 bits per heavy atom. The molecule has 4 heteroatoms. The topological polar surface area (TPSA) is 39.1 Å². The summed E-state index contributed by atoms with van der Waals surface area (Å²) in [6.45, 7) is 6.71. The quantitative estimate of drug-likeness (QED) is 0.853. The molecule has 1 N–H and O–H groups in total. The van der Waals surface area contributed by atoms with Crippen molar-refractivity contribution < 1.29 is 4.74 Å². The monoisotopic (exact) mass is 225 g/mol. The molecule has 0 aromatic carbocycles. The lowest BCUT2D eigenvalue weighted by atomic mass is 9.87. The van der Waals surface area contributed by atoms with E-state index in [1.54, 1.807) is 13.3 Å². The van der Waals surface area contributed by atoms with Crippen LogP contribution in [-0.2, 0) is 7.05 Å². The highest BCUT2D eigenvalue weighted by molar-refractivity contribution is 5.28. The summed E-state index contributed by atoms with van der Waals surface area (Å²) in [7, 11) is 5.61. The second-order valence-corrected chi connectivity index (χ2v) is 5.33. The molecule has 1 aromatic heterocycles. The van der Waals surface area contributed by atoms with Crippen LogP contribution in [0.4, 0.5) is 0 Å². The van der Waals surface area contributed by atoms with E-state index in [9.17, 15) is 0 Å². The minimum Gasteiger partial charge on any atom is -0.493 e. The molecular weight excluding hydrogens is 202 g/mol. The molecular formula is C12H23N3O. The summed E-state index contributed by atoms with van der Waals surface area (Å²) in [6.07, 6.45) is 2.81. The second-order valence-electron chi connectivity index (χ2n) is 5.33. The third-order valence-electron chi connectivity index (χ3n) is 2.66. The van der Waals surface area contributed by atoms with E-state index in [2.05, 4.69) is 31.2 Å². The van der Waals surface area contributed by atoms with Crippen LogP contribution in [0, 0.1) is 5.41 Å². The SMILES string of the molecule is CNC(CC(C)(C)C)c1c(OC)cnn1C. The molecule has 0 aliphatic carbocycles. The van der Waals surface area contributed by atoms with Gasteiger partial charge in [0.05, 0.1) is 25.0 Å². The minimum absolute atomic E-state index is 0.266. The molecule has 1 unspecified atom stereocenters. The van der Waals surface area contributed by atoms with Crippen LogP contribution in [0.3, 0.4) is 0 Å². The fourth-order valence-electron chi connectivity index (χ4n) is 1.93. The maximum absolute atomic E-state index is 5.34. The summed E-state index contributed by atoms with van der Waals surface area (Å²) in [6, 6.07) is 0.266.